The lowest BCUT2D eigenvalue weighted by atomic mass is 10.1. The number of fused-ring (bicyclic) bond motifs is 2. The number of carbonyl (C=O) groups excluding carboxylic acids is 1. The fourth-order valence-corrected chi connectivity index (χ4v) is 3.80. The number of hydrogen-bond acceptors (Lipinski definition) is 5. The number of benzene rings is 1. The van der Waals surface area contributed by atoms with Crippen LogP contribution in [0, 0.1) is 6.92 Å². The molecule has 0 saturated carbocycles. The van der Waals surface area contributed by atoms with Gasteiger partial charge >= 0.3 is 0 Å². The molecule has 4 aromatic rings. The van der Waals surface area contributed by atoms with Crippen LogP contribution >= 0.6 is 11.3 Å². The lowest BCUT2D eigenvalue weighted by Crippen LogP contribution is -2.26. The Morgan fingerprint density at radius 1 is 1.28 bits per heavy atom. The highest BCUT2D eigenvalue weighted by atomic mass is 32.1. The summed E-state index contributed by atoms with van der Waals surface area (Å²) in [6, 6.07) is 9.87. The number of amides is 1. The van der Waals surface area contributed by atoms with Crippen LogP contribution in [0.5, 0.6) is 0 Å². The van der Waals surface area contributed by atoms with Crippen molar-refractivity contribution >= 4 is 38.5 Å². The molecule has 0 fully saturated rings. The summed E-state index contributed by atoms with van der Waals surface area (Å²) < 4.78 is 2.85. The monoisotopic (exact) mass is 351 g/mol. The van der Waals surface area contributed by atoms with E-state index in [0.717, 1.165) is 27.3 Å². The lowest BCUT2D eigenvalue weighted by Gasteiger charge is -2.06. The number of aryl methyl sites for hydroxylation is 2. The fourth-order valence-electron chi connectivity index (χ4n) is 2.83. The third kappa shape index (κ3) is 2.98. The maximum atomic E-state index is 12.6. The zero-order valence-corrected chi connectivity index (χ0v) is 14.8. The summed E-state index contributed by atoms with van der Waals surface area (Å²) in [6.07, 6.45) is 2.40. The summed E-state index contributed by atoms with van der Waals surface area (Å²) in [6.45, 7) is 2.42. The number of pyridine rings is 1. The van der Waals surface area contributed by atoms with E-state index in [9.17, 15) is 4.79 Å². The van der Waals surface area contributed by atoms with Crippen molar-refractivity contribution in [2.45, 2.75) is 13.3 Å². The van der Waals surface area contributed by atoms with Gasteiger partial charge in [0.1, 0.15) is 0 Å². The molecule has 25 heavy (non-hydrogen) atoms. The molecule has 0 bridgehead atoms. The molecule has 3 aromatic heterocycles. The van der Waals surface area contributed by atoms with Gasteiger partial charge in [-0.25, -0.2) is 9.97 Å². The molecule has 1 N–H and O–H groups in total. The molecule has 0 aliphatic carbocycles. The third-order valence-corrected chi connectivity index (χ3v) is 5.14. The van der Waals surface area contributed by atoms with Gasteiger partial charge in [0.15, 0.2) is 5.65 Å². The highest BCUT2D eigenvalue weighted by Gasteiger charge is 2.14. The molecule has 6 nitrogen and oxygen atoms in total. The summed E-state index contributed by atoms with van der Waals surface area (Å²) in [4.78, 5) is 21.6. The van der Waals surface area contributed by atoms with Gasteiger partial charge in [-0.15, -0.1) is 11.3 Å². The Morgan fingerprint density at radius 3 is 2.96 bits per heavy atom. The van der Waals surface area contributed by atoms with E-state index in [-0.39, 0.29) is 5.91 Å². The minimum Gasteiger partial charge on any atom is -0.352 e. The van der Waals surface area contributed by atoms with E-state index in [2.05, 4.69) is 26.4 Å². The second-order valence-electron chi connectivity index (χ2n) is 5.90. The van der Waals surface area contributed by atoms with Gasteiger partial charge in [-0.3, -0.25) is 9.48 Å². The molecule has 4 rings (SSSR count). The van der Waals surface area contributed by atoms with Gasteiger partial charge in [0.05, 0.1) is 32.4 Å². The summed E-state index contributed by atoms with van der Waals surface area (Å²) in [5, 5.41) is 8.98. The van der Waals surface area contributed by atoms with Gasteiger partial charge in [-0.1, -0.05) is 12.1 Å². The van der Waals surface area contributed by atoms with Gasteiger partial charge in [0.25, 0.3) is 5.91 Å². The topological polar surface area (TPSA) is 72.7 Å². The van der Waals surface area contributed by atoms with E-state index in [1.165, 1.54) is 4.70 Å². The van der Waals surface area contributed by atoms with E-state index in [0.29, 0.717) is 18.5 Å². The summed E-state index contributed by atoms with van der Waals surface area (Å²) in [5.74, 6) is -0.107. The molecule has 0 aliphatic rings. The predicted octanol–water partition coefficient (Wildman–Crippen LogP) is 2.86. The van der Waals surface area contributed by atoms with Crippen LogP contribution in [-0.4, -0.2) is 32.2 Å². The molecule has 1 amide bonds. The van der Waals surface area contributed by atoms with Gasteiger partial charge in [0.2, 0.25) is 0 Å². The number of para-hydroxylation sites is 1. The molecule has 0 unspecified atom stereocenters. The predicted molar refractivity (Wildman–Crippen MR) is 98.9 cm³/mol. The number of hydrogen-bond donors (Lipinski definition) is 1. The Morgan fingerprint density at radius 2 is 2.12 bits per heavy atom. The molecule has 126 valence electrons. The van der Waals surface area contributed by atoms with Gasteiger partial charge < -0.3 is 5.32 Å². The van der Waals surface area contributed by atoms with Crippen LogP contribution in [0.3, 0.4) is 0 Å². The third-order valence-electron chi connectivity index (χ3n) is 4.04. The number of nitrogens with zero attached hydrogens (tertiary/aromatic N) is 4. The van der Waals surface area contributed by atoms with Crippen molar-refractivity contribution in [3.05, 3.63) is 52.8 Å². The second-order valence-corrected chi connectivity index (χ2v) is 7.01. The molecular formula is C18H17N5OS. The Labute approximate surface area is 148 Å². The highest BCUT2D eigenvalue weighted by Crippen LogP contribution is 2.22. The average molecular weight is 351 g/mol. The molecule has 0 atom stereocenters. The van der Waals surface area contributed by atoms with Gasteiger partial charge in [-0.05, 0) is 25.1 Å². The number of rotatable bonds is 4. The Balaban J connectivity index is 1.49. The maximum Gasteiger partial charge on any atom is 0.252 e. The van der Waals surface area contributed by atoms with Crippen LogP contribution in [-0.2, 0) is 13.5 Å². The van der Waals surface area contributed by atoms with Crippen molar-refractivity contribution in [3.8, 4) is 0 Å². The minimum atomic E-state index is -0.107. The molecule has 7 heteroatoms. The van der Waals surface area contributed by atoms with Crippen molar-refractivity contribution in [3.63, 3.8) is 0 Å². The largest absolute Gasteiger partial charge is 0.352 e. The number of carbonyl (C=O) groups is 1. The average Bonchev–Trinajstić information content (AvgIpc) is 3.17. The number of thiazole rings is 1. The Kier molecular flexibility index (Phi) is 3.93. The normalized spacial score (nSPS) is 11.3. The number of nitrogens with one attached hydrogen (secondary N) is 1. The van der Waals surface area contributed by atoms with Crippen LogP contribution in [0.4, 0.5) is 0 Å². The van der Waals surface area contributed by atoms with Crippen molar-refractivity contribution in [2.24, 2.45) is 7.05 Å². The van der Waals surface area contributed by atoms with Crippen molar-refractivity contribution in [2.75, 3.05) is 6.54 Å². The first-order valence-corrected chi connectivity index (χ1v) is 8.85. The van der Waals surface area contributed by atoms with E-state index in [4.69, 9.17) is 0 Å². The summed E-state index contributed by atoms with van der Waals surface area (Å²) in [5.41, 5.74) is 3.14. The van der Waals surface area contributed by atoms with Crippen LogP contribution in [0.2, 0.25) is 0 Å². The van der Waals surface area contributed by atoms with Crippen LogP contribution in [0.25, 0.3) is 21.3 Å². The standard InChI is InChI=1S/C18H17N5OS/c1-11-9-12(13-10-20-23(2)17(13)21-11)18(24)19-8-7-16-22-14-5-3-4-6-15(14)25-16/h3-6,9-10H,7-8H2,1-2H3,(H,19,24). The van der Waals surface area contributed by atoms with E-state index in [1.807, 2.05) is 32.2 Å². The van der Waals surface area contributed by atoms with Gasteiger partial charge in [-0.2, -0.15) is 5.10 Å². The maximum absolute atomic E-state index is 12.6. The second kappa shape index (κ2) is 6.25. The van der Waals surface area contributed by atoms with E-state index >= 15 is 0 Å². The molecule has 3 heterocycles. The molecule has 0 radical (unpaired) electrons. The van der Waals surface area contributed by atoms with Crippen molar-refractivity contribution < 1.29 is 4.79 Å². The number of aromatic nitrogens is 4. The SMILES string of the molecule is Cc1cc(C(=O)NCCc2nc3ccccc3s2)c2cnn(C)c2n1. The van der Waals surface area contributed by atoms with Crippen molar-refractivity contribution in [1.29, 1.82) is 0 Å². The lowest BCUT2D eigenvalue weighted by molar-refractivity contribution is 0.0955. The summed E-state index contributed by atoms with van der Waals surface area (Å²) in [7, 11) is 1.82. The smallest absolute Gasteiger partial charge is 0.252 e. The summed E-state index contributed by atoms with van der Waals surface area (Å²) >= 11 is 1.67. The zero-order valence-electron chi connectivity index (χ0n) is 14.0. The quantitative estimate of drug-likeness (QED) is 0.614. The van der Waals surface area contributed by atoms with E-state index in [1.54, 1.807) is 28.3 Å². The fraction of sp³-hybridized carbons (Fsp3) is 0.222. The van der Waals surface area contributed by atoms with Crippen LogP contribution < -0.4 is 5.32 Å². The molecule has 1 aromatic carbocycles. The molecular weight excluding hydrogens is 334 g/mol. The Bertz CT molecular complexity index is 1050. The highest BCUT2D eigenvalue weighted by molar-refractivity contribution is 7.18. The first-order chi connectivity index (χ1) is 12.1. The minimum absolute atomic E-state index is 0.107. The molecule has 0 saturated heterocycles. The van der Waals surface area contributed by atoms with Crippen molar-refractivity contribution in [1.82, 2.24) is 25.1 Å². The van der Waals surface area contributed by atoms with Crippen LogP contribution in [0.15, 0.2) is 36.5 Å². The Hall–Kier alpha value is -2.80. The van der Waals surface area contributed by atoms with Crippen LogP contribution in [0.1, 0.15) is 21.1 Å². The zero-order chi connectivity index (χ0) is 17.4. The first kappa shape index (κ1) is 15.7. The molecule has 0 spiro atoms. The molecule has 0 aliphatic heterocycles. The van der Waals surface area contributed by atoms with E-state index < -0.39 is 0 Å². The van der Waals surface area contributed by atoms with Gasteiger partial charge in [0, 0.05) is 25.7 Å². The first-order valence-electron chi connectivity index (χ1n) is 8.04.